The first-order valence-corrected chi connectivity index (χ1v) is 12.6. The largest absolute Gasteiger partial charge is 0.496 e. The Balaban J connectivity index is 0.00000147. The van der Waals surface area contributed by atoms with Crippen molar-refractivity contribution in [2.24, 2.45) is 5.73 Å². The average Bonchev–Trinajstić information content (AvgIpc) is 3.26. The molecule has 1 aliphatic rings. The van der Waals surface area contributed by atoms with Gasteiger partial charge in [-0.1, -0.05) is 18.2 Å². The summed E-state index contributed by atoms with van der Waals surface area (Å²) in [6.07, 6.45) is 1.32. The highest BCUT2D eigenvalue weighted by atomic mass is 19.3. The van der Waals surface area contributed by atoms with Crippen LogP contribution in [0.25, 0.3) is 11.3 Å². The number of hydrogen-bond acceptors (Lipinski definition) is 6. The van der Waals surface area contributed by atoms with Crippen LogP contribution in [0.1, 0.15) is 45.7 Å². The third kappa shape index (κ3) is 6.85. The summed E-state index contributed by atoms with van der Waals surface area (Å²) in [5.41, 5.74) is 11.2. The second kappa shape index (κ2) is 12.9. The maximum Gasteiger partial charge on any atom is 0.272 e. The van der Waals surface area contributed by atoms with Gasteiger partial charge in [-0.25, -0.2) is 22.2 Å². The van der Waals surface area contributed by atoms with E-state index in [-0.39, 0.29) is 59.1 Å². The number of amides is 2. The normalized spacial score (nSPS) is 16.3. The summed E-state index contributed by atoms with van der Waals surface area (Å²) < 4.78 is 64.0. The fraction of sp³-hybridized carbons (Fsp3) is 0.321. The average molecular weight is 577 g/mol. The molecule has 3 aromatic rings. The molecule has 2 heterocycles. The number of allylic oxidation sites excluding steroid dienone is 1. The fourth-order valence-corrected chi connectivity index (χ4v) is 4.38. The number of piperidine rings is 1. The summed E-state index contributed by atoms with van der Waals surface area (Å²) in [7, 11) is 3.00. The van der Waals surface area contributed by atoms with Crippen LogP contribution in [0.5, 0.6) is 5.75 Å². The minimum Gasteiger partial charge on any atom is -0.496 e. The predicted octanol–water partition coefficient (Wildman–Crippen LogP) is 4.15. The molecular weight excluding hydrogens is 544 g/mol. The lowest BCUT2D eigenvalue weighted by Crippen LogP contribution is -2.47. The molecule has 41 heavy (non-hydrogen) atoms. The molecule has 1 saturated heterocycles. The number of methoxy groups -OCH3 is 1. The fourth-order valence-electron chi connectivity index (χ4n) is 4.38. The standard InChI is InChI=1S/C25H26F4N6O3.C3H6/c1-34-8-7-25(28,29)19(12-34)35-22(30)20(23(31)36)21(33-35)13-3-4-14(17(27)9-13)11-32-24(37)16-10-15(26)5-6-18(16)38-2;1-3-2/h3-6,9-10,19H,7-8,11-12,30H2,1-2H3,(H2,31,36)(H,32,37);3H,1H2,2H3. The summed E-state index contributed by atoms with van der Waals surface area (Å²) in [4.78, 5) is 26.4. The minimum absolute atomic E-state index is 0.0611. The second-order valence-electron chi connectivity index (χ2n) is 9.45. The molecular formula is C28H32F4N6O3. The first kappa shape index (κ1) is 31.1. The van der Waals surface area contributed by atoms with E-state index in [4.69, 9.17) is 16.2 Å². The predicted molar refractivity (Wildman–Crippen MR) is 147 cm³/mol. The number of anilines is 1. The number of nitrogen functional groups attached to an aromatic ring is 1. The molecule has 5 N–H and O–H groups in total. The van der Waals surface area contributed by atoms with Gasteiger partial charge >= 0.3 is 0 Å². The van der Waals surface area contributed by atoms with Gasteiger partial charge in [0.05, 0.1) is 12.7 Å². The SMILES string of the molecule is C=CC.COc1ccc(F)cc1C(=O)NCc1ccc(-c2nn(C3CN(C)CCC3(F)F)c(N)c2C(N)=O)cc1F. The molecule has 220 valence electrons. The van der Waals surface area contributed by atoms with Crippen molar-refractivity contribution < 1.29 is 31.9 Å². The van der Waals surface area contributed by atoms with E-state index in [1.807, 2.05) is 6.92 Å². The highest BCUT2D eigenvalue weighted by Crippen LogP contribution is 2.40. The van der Waals surface area contributed by atoms with Crippen LogP contribution in [-0.2, 0) is 6.54 Å². The molecule has 1 fully saturated rings. The van der Waals surface area contributed by atoms with Gasteiger partial charge in [-0.2, -0.15) is 5.10 Å². The number of benzene rings is 2. The quantitative estimate of drug-likeness (QED) is 0.286. The Bertz CT molecular complexity index is 1440. The number of halogens is 4. The van der Waals surface area contributed by atoms with E-state index in [1.54, 1.807) is 18.0 Å². The number of rotatable bonds is 7. The van der Waals surface area contributed by atoms with Gasteiger partial charge in [0.1, 0.15) is 40.5 Å². The lowest BCUT2D eigenvalue weighted by molar-refractivity contribution is -0.0968. The van der Waals surface area contributed by atoms with Crippen LogP contribution in [0.15, 0.2) is 49.1 Å². The zero-order valence-electron chi connectivity index (χ0n) is 22.9. The molecule has 2 aromatic carbocycles. The van der Waals surface area contributed by atoms with Crippen molar-refractivity contribution in [1.29, 1.82) is 0 Å². The first-order chi connectivity index (χ1) is 19.3. The Kier molecular flexibility index (Phi) is 9.76. The minimum atomic E-state index is -3.14. The van der Waals surface area contributed by atoms with Crippen molar-refractivity contribution in [2.75, 3.05) is 33.0 Å². The van der Waals surface area contributed by atoms with Crippen LogP contribution in [0.2, 0.25) is 0 Å². The molecule has 9 nitrogen and oxygen atoms in total. The van der Waals surface area contributed by atoms with E-state index >= 15 is 4.39 Å². The molecule has 0 bridgehead atoms. The van der Waals surface area contributed by atoms with Crippen LogP contribution < -0.4 is 21.5 Å². The van der Waals surface area contributed by atoms with Crippen molar-refractivity contribution in [1.82, 2.24) is 20.0 Å². The molecule has 2 amide bonds. The van der Waals surface area contributed by atoms with Gasteiger partial charge in [-0.15, -0.1) is 6.58 Å². The van der Waals surface area contributed by atoms with Gasteiger partial charge < -0.3 is 26.4 Å². The molecule has 1 aromatic heterocycles. The van der Waals surface area contributed by atoms with Crippen LogP contribution in [0, 0.1) is 11.6 Å². The van der Waals surface area contributed by atoms with E-state index in [0.717, 1.165) is 22.9 Å². The molecule has 1 aliphatic heterocycles. The van der Waals surface area contributed by atoms with Gasteiger partial charge in [0.2, 0.25) is 0 Å². The highest BCUT2D eigenvalue weighted by Gasteiger charge is 2.46. The number of nitrogens with zero attached hydrogens (tertiary/aromatic N) is 3. The summed E-state index contributed by atoms with van der Waals surface area (Å²) in [5.74, 6) is -6.46. The summed E-state index contributed by atoms with van der Waals surface area (Å²) in [5, 5.41) is 6.65. The topological polar surface area (TPSA) is 128 Å². The third-order valence-corrected chi connectivity index (χ3v) is 6.46. The summed E-state index contributed by atoms with van der Waals surface area (Å²) in [6, 6.07) is 5.74. The van der Waals surface area contributed by atoms with Gasteiger partial charge in [0, 0.05) is 37.2 Å². The third-order valence-electron chi connectivity index (χ3n) is 6.46. The molecule has 1 atom stereocenters. The van der Waals surface area contributed by atoms with E-state index < -0.39 is 41.8 Å². The Morgan fingerprint density at radius 1 is 1.24 bits per heavy atom. The Morgan fingerprint density at radius 3 is 2.54 bits per heavy atom. The number of primary amides is 1. The molecule has 0 saturated carbocycles. The van der Waals surface area contributed by atoms with Gasteiger partial charge in [0.15, 0.2) is 0 Å². The molecule has 0 aliphatic carbocycles. The van der Waals surface area contributed by atoms with Gasteiger partial charge in [-0.05, 0) is 38.2 Å². The molecule has 4 rings (SSSR count). The number of ether oxygens (including phenoxy) is 1. The van der Waals surface area contributed by atoms with Crippen molar-refractivity contribution in [3.8, 4) is 17.0 Å². The van der Waals surface area contributed by atoms with Gasteiger partial charge in [-0.3, -0.25) is 9.59 Å². The summed E-state index contributed by atoms with van der Waals surface area (Å²) in [6.45, 7) is 5.10. The zero-order chi connectivity index (χ0) is 30.5. The van der Waals surface area contributed by atoms with E-state index in [1.165, 1.54) is 25.3 Å². The molecule has 13 heteroatoms. The van der Waals surface area contributed by atoms with E-state index in [2.05, 4.69) is 17.0 Å². The maximum atomic E-state index is 15.0. The molecule has 0 radical (unpaired) electrons. The number of likely N-dealkylation sites (tertiary alicyclic amines) is 1. The summed E-state index contributed by atoms with van der Waals surface area (Å²) >= 11 is 0. The number of alkyl halides is 2. The number of carbonyl (C=O) groups excluding carboxylic acids is 2. The lowest BCUT2D eigenvalue weighted by atomic mass is 10.0. The van der Waals surface area contributed by atoms with Crippen LogP contribution in [0.4, 0.5) is 23.4 Å². The Labute approximate surface area is 234 Å². The lowest BCUT2D eigenvalue weighted by Gasteiger charge is -2.36. The van der Waals surface area contributed by atoms with Crippen molar-refractivity contribution in [3.05, 3.63) is 77.4 Å². The number of hydrogen-bond donors (Lipinski definition) is 3. The number of aromatic nitrogens is 2. The second-order valence-corrected chi connectivity index (χ2v) is 9.45. The van der Waals surface area contributed by atoms with Crippen molar-refractivity contribution >= 4 is 17.6 Å². The Morgan fingerprint density at radius 2 is 1.93 bits per heavy atom. The number of likely N-dealkylation sites (N-methyl/N-ethyl adjacent to an activating group) is 1. The molecule has 1 unspecified atom stereocenters. The van der Waals surface area contributed by atoms with E-state index in [0.29, 0.717) is 0 Å². The van der Waals surface area contributed by atoms with Crippen molar-refractivity contribution in [3.63, 3.8) is 0 Å². The van der Waals surface area contributed by atoms with Crippen LogP contribution >= 0.6 is 0 Å². The maximum absolute atomic E-state index is 15.0. The van der Waals surface area contributed by atoms with E-state index in [9.17, 15) is 22.8 Å². The number of nitrogens with one attached hydrogen (secondary N) is 1. The Hall–Kier alpha value is -4.39. The number of carbonyl (C=O) groups is 2. The van der Waals surface area contributed by atoms with Crippen molar-refractivity contribution in [2.45, 2.75) is 31.9 Å². The van der Waals surface area contributed by atoms with Crippen LogP contribution in [0.3, 0.4) is 0 Å². The monoisotopic (exact) mass is 576 g/mol. The zero-order valence-corrected chi connectivity index (χ0v) is 22.9. The smallest absolute Gasteiger partial charge is 0.272 e. The first-order valence-electron chi connectivity index (χ1n) is 12.6. The van der Waals surface area contributed by atoms with Crippen LogP contribution in [-0.4, -0.2) is 59.7 Å². The van der Waals surface area contributed by atoms with Gasteiger partial charge in [0.25, 0.3) is 17.7 Å². The highest BCUT2D eigenvalue weighted by molar-refractivity contribution is 6.03. The number of nitrogens with two attached hydrogens (primary N) is 2. The molecule has 0 spiro atoms.